The molecule has 0 radical (unpaired) electrons. The Labute approximate surface area is 380 Å². The number of fused-ring (bicyclic) bond motifs is 7. The van der Waals surface area contributed by atoms with Gasteiger partial charge in [-0.2, -0.15) is 0 Å². The quantitative estimate of drug-likeness (QED) is 0.156. The van der Waals surface area contributed by atoms with Crippen LogP contribution in [0.2, 0.25) is 0 Å². The zero-order valence-corrected chi connectivity index (χ0v) is 36.1. The van der Waals surface area contributed by atoms with Crippen LogP contribution < -0.4 is 0 Å². The molecular weight excluding hydrogens is 805 g/mol. The summed E-state index contributed by atoms with van der Waals surface area (Å²) in [6, 6.07) is 75.9. The first kappa shape index (κ1) is 37.3. The van der Waals surface area contributed by atoms with Gasteiger partial charge in [-0.15, -0.1) is 11.3 Å². The minimum absolute atomic E-state index is 1.08. The molecule has 0 aliphatic heterocycles. The molecule has 302 valence electrons. The Balaban J connectivity index is 1.03. The fourth-order valence-corrected chi connectivity index (χ4v) is 11.6. The van der Waals surface area contributed by atoms with Crippen molar-refractivity contribution in [2.45, 2.75) is 0 Å². The molecule has 10 aromatic carbocycles. The molecule has 13 rings (SSSR count). The Morgan fingerprint density at radius 2 is 0.692 bits per heavy atom. The first-order valence-electron chi connectivity index (χ1n) is 22.1. The highest BCUT2D eigenvalue weighted by Crippen LogP contribution is 2.50. The van der Waals surface area contributed by atoms with Gasteiger partial charge in [0.05, 0.1) is 0 Å². The summed E-state index contributed by atoms with van der Waals surface area (Å²) in [5, 5.41) is 12.5. The molecule has 0 aliphatic carbocycles. The minimum atomic E-state index is 1.08. The molecule has 0 spiro atoms. The van der Waals surface area contributed by atoms with Gasteiger partial charge in [-0.25, -0.2) is 0 Å². The van der Waals surface area contributed by atoms with Crippen LogP contribution in [0.15, 0.2) is 231 Å². The van der Waals surface area contributed by atoms with E-state index in [1.807, 2.05) is 48.3 Å². The summed E-state index contributed by atoms with van der Waals surface area (Å²) in [7, 11) is 0. The van der Waals surface area contributed by atoms with Crippen LogP contribution in [0.25, 0.3) is 130 Å². The van der Waals surface area contributed by atoms with E-state index < -0.39 is 0 Å². The Morgan fingerprint density at radius 3 is 1.20 bits per heavy atom. The van der Waals surface area contributed by atoms with Gasteiger partial charge in [0.25, 0.3) is 0 Å². The van der Waals surface area contributed by atoms with E-state index in [1.165, 1.54) is 102 Å². The summed E-state index contributed by atoms with van der Waals surface area (Å²) < 4.78 is 2.59. The summed E-state index contributed by atoms with van der Waals surface area (Å²) in [5.74, 6) is 0. The molecule has 3 aromatic heterocycles. The highest BCUT2D eigenvalue weighted by Gasteiger charge is 2.22. The molecule has 0 fully saturated rings. The smallest absolute Gasteiger partial charge is 0.0434 e. The highest BCUT2D eigenvalue weighted by molar-refractivity contribution is 7.26. The van der Waals surface area contributed by atoms with Crippen LogP contribution >= 0.6 is 11.3 Å². The van der Waals surface area contributed by atoms with E-state index in [0.717, 1.165) is 27.8 Å². The van der Waals surface area contributed by atoms with E-state index in [2.05, 4.69) is 204 Å². The maximum Gasteiger partial charge on any atom is 0.0434 e. The number of hydrogen-bond donors (Lipinski definition) is 0. The molecule has 0 atom stereocenters. The summed E-state index contributed by atoms with van der Waals surface area (Å²) in [4.78, 5) is 8.99. The zero-order chi connectivity index (χ0) is 42.8. The number of benzene rings is 10. The molecule has 0 saturated heterocycles. The molecule has 13 aromatic rings. The zero-order valence-electron chi connectivity index (χ0n) is 35.2. The van der Waals surface area contributed by atoms with Gasteiger partial charge in [-0.05, 0) is 136 Å². The summed E-state index contributed by atoms with van der Waals surface area (Å²) in [6.07, 6.45) is 7.56. The van der Waals surface area contributed by atoms with E-state index in [0.29, 0.717) is 0 Å². The largest absolute Gasteiger partial charge is 0.264 e. The monoisotopic (exact) mass is 842 g/mol. The second-order valence-electron chi connectivity index (χ2n) is 16.8. The predicted molar refractivity (Wildman–Crippen MR) is 278 cm³/mol. The Bertz CT molecular complexity index is 3810. The van der Waals surface area contributed by atoms with Crippen molar-refractivity contribution in [2.75, 3.05) is 0 Å². The fraction of sp³-hybridized carbons (Fsp3) is 0. The third-order valence-corrected chi connectivity index (χ3v) is 14.4. The predicted octanol–water partition coefficient (Wildman–Crippen LogP) is 17.5. The maximum atomic E-state index is 4.49. The first-order chi connectivity index (χ1) is 32.3. The lowest BCUT2D eigenvalue weighted by molar-refractivity contribution is 1.32. The number of nitrogens with zero attached hydrogens (tertiary/aromatic N) is 2. The third kappa shape index (κ3) is 6.08. The van der Waals surface area contributed by atoms with Crippen LogP contribution in [0, 0.1) is 0 Å². The van der Waals surface area contributed by atoms with Crippen LogP contribution in [0.5, 0.6) is 0 Å². The lowest BCUT2D eigenvalue weighted by atomic mass is 9.84. The second kappa shape index (κ2) is 15.2. The summed E-state index contributed by atoms with van der Waals surface area (Å²) >= 11 is 1.90. The molecule has 3 heterocycles. The number of hydrogen-bond acceptors (Lipinski definition) is 3. The van der Waals surface area contributed by atoms with E-state index in [4.69, 9.17) is 0 Å². The van der Waals surface area contributed by atoms with Crippen molar-refractivity contribution in [3.63, 3.8) is 0 Å². The minimum Gasteiger partial charge on any atom is -0.264 e. The number of aromatic nitrogens is 2. The van der Waals surface area contributed by atoms with Gasteiger partial charge < -0.3 is 0 Å². The van der Waals surface area contributed by atoms with Gasteiger partial charge in [0.15, 0.2) is 0 Å². The normalized spacial score (nSPS) is 11.7. The topological polar surface area (TPSA) is 25.8 Å². The Hall–Kier alpha value is -8.24. The standard InChI is InChI=1S/C62H38N2S/c1-2-15-39(16-3-1)58-50-23-8-10-25-52(50)61(53-26-11-9-24-51(53)58)55-28-12-27-54-56-36-40(29-30-57(56)65-62(54)55)59-46-19-4-6-21-48(46)60(49-22-7-5-20-47(49)59)45-34-43(41-17-13-31-63-37-41)33-44(35-45)42-18-14-32-64-38-42/h1-38H. The summed E-state index contributed by atoms with van der Waals surface area (Å²) in [6.45, 7) is 0. The molecule has 65 heavy (non-hydrogen) atoms. The average Bonchev–Trinajstić information content (AvgIpc) is 3.76. The van der Waals surface area contributed by atoms with Gasteiger partial charge in [-0.1, -0.05) is 164 Å². The van der Waals surface area contributed by atoms with Gasteiger partial charge >= 0.3 is 0 Å². The van der Waals surface area contributed by atoms with Crippen LogP contribution in [-0.2, 0) is 0 Å². The molecule has 0 bridgehead atoms. The SMILES string of the molecule is c1ccc(-c2c3ccccc3c(-c3cccc4c3sc3ccc(-c5c6ccccc6c(-c6cc(-c7cccnc7)cc(-c7cccnc7)c6)c6ccccc56)cc34)c3ccccc23)cc1. The maximum absolute atomic E-state index is 4.49. The van der Waals surface area contributed by atoms with Gasteiger partial charge in [0, 0.05) is 61.7 Å². The molecule has 3 heteroatoms. The molecule has 0 unspecified atom stereocenters. The van der Waals surface area contributed by atoms with Crippen LogP contribution in [0.4, 0.5) is 0 Å². The van der Waals surface area contributed by atoms with Crippen molar-refractivity contribution in [2.24, 2.45) is 0 Å². The van der Waals surface area contributed by atoms with Crippen molar-refractivity contribution < 1.29 is 0 Å². The van der Waals surface area contributed by atoms with E-state index in [9.17, 15) is 0 Å². The molecule has 0 aliphatic rings. The second-order valence-corrected chi connectivity index (χ2v) is 17.9. The molecule has 2 nitrogen and oxygen atoms in total. The van der Waals surface area contributed by atoms with Crippen LogP contribution in [0.1, 0.15) is 0 Å². The highest BCUT2D eigenvalue weighted by atomic mass is 32.1. The fourth-order valence-electron chi connectivity index (χ4n) is 10.4. The third-order valence-electron chi connectivity index (χ3n) is 13.2. The molecular formula is C62H38N2S. The van der Waals surface area contributed by atoms with Gasteiger partial charge in [0.1, 0.15) is 0 Å². The van der Waals surface area contributed by atoms with E-state index in [1.54, 1.807) is 0 Å². The number of pyridine rings is 2. The van der Waals surface area contributed by atoms with Crippen LogP contribution in [-0.4, -0.2) is 9.97 Å². The van der Waals surface area contributed by atoms with E-state index >= 15 is 0 Å². The summed E-state index contributed by atoms with van der Waals surface area (Å²) in [5.41, 5.74) is 14.3. The Morgan fingerprint density at radius 1 is 0.262 bits per heavy atom. The number of thiophene rings is 1. The lowest BCUT2D eigenvalue weighted by Crippen LogP contribution is -1.92. The van der Waals surface area contributed by atoms with Gasteiger partial charge in [0.2, 0.25) is 0 Å². The molecule has 0 amide bonds. The van der Waals surface area contributed by atoms with Crippen molar-refractivity contribution >= 4 is 74.6 Å². The van der Waals surface area contributed by atoms with Crippen LogP contribution in [0.3, 0.4) is 0 Å². The first-order valence-corrected chi connectivity index (χ1v) is 22.9. The molecule has 0 saturated carbocycles. The van der Waals surface area contributed by atoms with Crippen molar-refractivity contribution in [1.82, 2.24) is 9.97 Å². The average molecular weight is 843 g/mol. The van der Waals surface area contributed by atoms with Crippen molar-refractivity contribution in [1.29, 1.82) is 0 Å². The van der Waals surface area contributed by atoms with Gasteiger partial charge in [-0.3, -0.25) is 9.97 Å². The number of rotatable bonds is 6. The Kier molecular flexibility index (Phi) is 8.75. The lowest BCUT2D eigenvalue weighted by Gasteiger charge is -2.19. The molecule has 0 N–H and O–H groups in total. The van der Waals surface area contributed by atoms with E-state index in [-0.39, 0.29) is 0 Å². The van der Waals surface area contributed by atoms with Crippen molar-refractivity contribution in [3.05, 3.63) is 231 Å². The van der Waals surface area contributed by atoms with Crippen molar-refractivity contribution in [3.8, 4) is 66.8 Å².